The first-order valence-electron chi connectivity index (χ1n) is 7.04. The number of nitro groups is 1. The molecule has 2 aromatic carbocycles. The van der Waals surface area contributed by atoms with E-state index in [-0.39, 0.29) is 33.0 Å². The van der Waals surface area contributed by atoms with Gasteiger partial charge in [-0.15, -0.1) is 0 Å². The highest BCUT2D eigenvalue weighted by Crippen LogP contribution is 2.41. The van der Waals surface area contributed by atoms with E-state index in [1.807, 2.05) is 0 Å². The molecule has 1 N–H and O–H groups in total. The van der Waals surface area contributed by atoms with Crippen LogP contribution >= 0.6 is 11.6 Å². The van der Waals surface area contributed by atoms with Crippen LogP contribution in [-0.2, 0) is 0 Å². The molecule has 0 amide bonds. The molecule has 0 heterocycles. The fourth-order valence-corrected chi connectivity index (χ4v) is 3.22. The lowest BCUT2D eigenvalue weighted by atomic mass is 9.88. The van der Waals surface area contributed by atoms with Crippen LogP contribution in [-0.4, -0.2) is 22.4 Å². The second kappa shape index (κ2) is 6.05. The predicted octanol–water partition coefficient (Wildman–Crippen LogP) is 4.01. The normalized spacial score (nSPS) is 14.7. The van der Waals surface area contributed by atoms with Crippen molar-refractivity contribution in [3.8, 4) is 0 Å². The van der Waals surface area contributed by atoms with Crippen LogP contribution in [0.1, 0.15) is 27.4 Å². The third-order valence-electron chi connectivity index (χ3n) is 3.95. The Kier molecular flexibility index (Phi) is 4.07. The molecule has 2 aromatic rings. The lowest BCUT2D eigenvalue weighted by Crippen LogP contribution is -2.20. The molecule has 0 saturated carbocycles. The molecule has 0 aromatic heterocycles. The van der Waals surface area contributed by atoms with Gasteiger partial charge >= 0.3 is 0 Å². The van der Waals surface area contributed by atoms with Gasteiger partial charge in [-0.05, 0) is 12.1 Å². The van der Waals surface area contributed by atoms with E-state index in [0.717, 1.165) is 6.07 Å². The number of nitrogens with zero attached hydrogens (tertiary/aromatic N) is 1. The van der Waals surface area contributed by atoms with E-state index in [2.05, 4.69) is 0 Å². The van der Waals surface area contributed by atoms with Crippen molar-refractivity contribution in [3.63, 3.8) is 0 Å². The summed E-state index contributed by atoms with van der Waals surface area (Å²) in [6.07, 6.45) is 0. The molecule has 0 bridgehead atoms. The number of carbonyl (C=O) groups excluding carboxylic acids is 1. The number of rotatable bonds is 4. The van der Waals surface area contributed by atoms with Crippen LogP contribution in [0.4, 0.5) is 4.39 Å². The SMILES string of the molecule is O=C1C([C@@H](C[N+](=O)[O-])c2c(F)cccc2Cl)=C(O)c2ccccc21. The van der Waals surface area contributed by atoms with Crippen molar-refractivity contribution in [1.82, 2.24) is 0 Å². The fraction of sp³-hybridized carbons (Fsp3) is 0.118. The van der Waals surface area contributed by atoms with Crippen molar-refractivity contribution >= 4 is 23.1 Å². The van der Waals surface area contributed by atoms with Crippen LogP contribution in [0.3, 0.4) is 0 Å². The molecular weight excluding hydrogens is 337 g/mol. The van der Waals surface area contributed by atoms with Crippen LogP contribution in [0, 0.1) is 15.9 Å². The zero-order chi connectivity index (χ0) is 17.4. The molecule has 5 nitrogen and oxygen atoms in total. The van der Waals surface area contributed by atoms with Gasteiger partial charge in [0, 0.05) is 26.6 Å². The van der Waals surface area contributed by atoms with Gasteiger partial charge in [-0.3, -0.25) is 14.9 Å². The Morgan fingerprint density at radius 1 is 1.17 bits per heavy atom. The van der Waals surface area contributed by atoms with Gasteiger partial charge in [0.05, 0.1) is 11.5 Å². The van der Waals surface area contributed by atoms with E-state index >= 15 is 0 Å². The van der Waals surface area contributed by atoms with Gasteiger partial charge in [0.25, 0.3) is 0 Å². The molecule has 3 rings (SSSR count). The second-order valence-corrected chi connectivity index (χ2v) is 5.75. The highest BCUT2D eigenvalue weighted by molar-refractivity contribution is 6.31. The smallest absolute Gasteiger partial charge is 0.215 e. The third kappa shape index (κ3) is 2.55. The first kappa shape index (κ1) is 16.1. The minimum absolute atomic E-state index is 0.0362. The lowest BCUT2D eigenvalue weighted by molar-refractivity contribution is -0.481. The van der Waals surface area contributed by atoms with Crippen molar-refractivity contribution in [2.24, 2.45) is 0 Å². The maximum Gasteiger partial charge on any atom is 0.215 e. The number of benzene rings is 2. The van der Waals surface area contributed by atoms with E-state index < -0.39 is 29.0 Å². The Labute approximate surface area is 141 Å². The molecule has 24 heavy (non-hydrogen) atoms. The molecule has 1 aliphatic carbocycles. The predicted molar refractivity (Wildman–Crippen MR) is 86.3 cm³/mol. The summed E-state index contributed by atoms with van der Waals surface area (Å²) >= 11 is 6.01. The molecule has 0 radical (unpaired) electrons. The lowest BCUT2D eigenvalue weighted by Gasteiger charge is -2.16. The van der Waals surface area contributed by atoms with Crippen molar-refractivity contribution in [1.29, 1.82) is 0 Å². The summed E-state index contributed by atoms with van der Waals surface area (Å²) in [4.78, 5) is 23.0. The maximum atomic E-state index is 14.3. The Bertz CT molecular complexity index is 874. The summed E-state index contributed by atoms with van der Waals surface area (Å²) in [5.41, 5.74) is 0.127. The number of halogens is 2. The van der Waals surface area contributed by atoms with Crippen molar-refractivity contribution < 1.29 is 19.2 Å². The van der Waals surface area contributed by atoms with Gasteiger partial charge in [-0.25, -0.2) is 4.39 Å². The number of hydrogen-bond acceptors (Lipinski definition) is 4. The average Bonchev–Trinajstić information content (AvgIpc) is 2.78. The number of fused-ring (bicyclic) bond motifs is 1. The fourth-order valence-electron chi connectivity index (χ4n) is 2.93. The van der Waals surface area contributed by atoms with E-state index in [4.69, 9.17) is 11.6 Å². The summed E-state index contributed by atoms with van der Waals surface area (Å²) in [5, 5.41) is 21.4. The van der Waals surface area contributed by atoms with Gasteiger partial charge in [-0.2, -0.15) is 0 Å². The number of aliphatic hydroxyl groups is 1. The molecule has 0 spiro atoms. The summed E-state index contributed by atoms with van der Waals surface area (Å²) in [6.45, 7) is -0.764. The minimum atomic E-state index is -1.28. The van der Waals surface area contributed by atoms with Gasteiger partial charge in [-0.1, -0.05) is 41.9 Å². The quantitative estimate of drug-likeness (QED) is 0.669. The number of hydrogen-bond donors (Lipinski definition) is 1. The van der Waals surface area contributed by atoms with Crippen LogP contribution in [0.2, 0.25) is 5.02 Å². The number of aliphatic hydroxyl groups excluding tert-OH is 1. The molecule has 1 atom stereocenters. The Morgan fingerprint density at radius 3 is 2.42 bits per heavy atom. The summed E-state index contributed by atoms with van der Waals surface area (Å²) in [6, 6.07) is 10.1. The minimum Gasteiger partial charge on any atom is -0.507 e. The van der Waals surface area contributed by atoms with Crippen LogP contribution < -0.4 is 0 Å². The van der Waals surface area contributed by atoms with Gasteiger partial charge in [0.15, 0.2) is 5.78 Å². The molecule has 122 valence electrons. The number of carbonyl (C=O) groups is 1. The van der Waals surface area contributed by atoms with E-state index in [0.29, 0.717) is 0 Å². The molecular formula is C17H11ClFNO4. The van der Waals surface area contributed by atoms with Crippen molar-refractivity contribution in [2.45, 2.75) is 5.92 Å². The van der Waals surface area contributed by atoms with Crippen LogP contribution in [0.5, 0.6) is 0 Å². The monoisotopic (exact) mass is 347 g/mol. The highest BCUT2D eigenvalue weighted by Gasteiger charge is 2.39. The third-order valence-corrected chi connectivity index (χ3v) is 4.28. The van der Waals surface area contributed by atoms with Gasteiger partial charge < -0.3 is 5.11 Å². The molecule has 0 saturated heterocycles. The Hall–Kier alpha value is -2.73. The first-order chi connectivity index (χ1) is 11.4. The molecule has 0 fully saturated rings. The Morgan fingerprint density at radius 2 is 1.83 bits per heavy atom. The zero-order valence-corrected chi connectivity index (χ0v) is 13.0. The van der Waals surface area contributed by atoms with Crippen LogP contribution in [0.15, 0.2) is 48.0 Å². The summed E-state index contributed by atoms with van der Waals surface area (Å²) in [7, 11) is 0. The number of Topliss-reactive ketones (excluding diaryl/α,β-unsaturated/α-hetero) is 1. The van der Waals surface area contributed by atoms with Crippen LogP contribution in [0.25, 0.3) is 5.76 Å². The molecule has 0 unspecified atom stereocenters. The van der Waals surface area contributed by atoms with Crippen molar-refractivity contribution in [3.05, 3.63) is 85.7 Å². The second-order valence-electron chi connectivity index (χ2n) is 5.34. The summed E-state index contributed by atoms with van der Waals surface area (Å²) in [5.74, 6) is -2.98. The summed E-state index contributed by atoms with van der Waals surface area (Å²) < 4.78 is 14.3. The maximum absolute atomic E-state index is 14.3. The van der Waals surface area contributed by atoms with Gasteiger partial charge in [0.1, 0.15) is 11.6 Å². The molecule has 0 aliphatic heterocycles. The standard InChI is InChI=1S/C17H11ClFNO4/c18-12-6-3-7-13(19)14(12)11(8-20(23)24)15-16(21)9-4-1-2-5-10(9)17(15)22/h1-7,11,21H,8H2/t11-/m0/s1. The molecule has 7 heteroatoms. The van der Waals surface area contributed by atoms with Crippen molar-refractivity contribution in [2.75, 3.05) is 6.54 Å². The number of ketones is 1. The highest BCUT2D eigenvalue weighted by atomic mass is 35.5. The first-order valence-corrected chi connectivity index (χ1v) is 7.42. The van der Waals surface area contributed by atoms with E-state index in [1.165, 1.54) is 24.3 Å². The largest absolute Gasteiger partial charge is 0.507 e. The molecule has 1 aliphatic rings. The van der Waals surface area contributed by atoms with Gasteiger partial charge in [0.2, 0.25) is 6.54 Å². The zero-order valence-electron chi connectivity index (χ0n) is 12.2. The Balaban J connectivity index is 2.21. The van der Waals surface area contributed by atoms with E-state index in [9.17, 15) is 24.4 Å². The topological polar surface area (TPSA) is 80.4 Å². The van der Waals surface area contributed by atoms with E-state index in [1.54, 1.807) is 12.1 Å². The average molecular weight is 348 g/mol.